The van der Waals surface area contributed by atoms with Gasteiger partial charge in [0, 0.05) is 24.6 Å². The van der Waals surface area contributed by atoms with Gasteiger partial charge in [-0.1, -0.05) is 31.2 Å². The van der Waals surface area contributed by atoms with Gasteiger partial charge in [-0.05, 0) is 36.1 Å². The summed E-state index contributed by atoms with van der Waals surface area (Å²) in [5.74, 6) is -0.0251. The van der Waals surface area contributed by atoms with E-state index in [1.54, 1.807) is 12.4 Å². The number of carbonyl (C=O) groups excluding carboxylic acids is 1. The maximum absolute atomic E-state index is 12.0. The topological polar surface area (TPSA) is 54.0 Å². The lowest BCUT2D eigenvalue weighted by atomic mass is 10.1. The van der Waals surface area contributed by atoms with E-state index in [1.807, 2.05) is 37.3 Å². The van der Waals surface area contributed by atoms with Crippen molar-refractivity contribution in [2.45, 2.75) is 26.8 Å². The molecule has 2 N–H and O–H groups in total. The predicted molar refractivity (Wildman–Crippen MR) is 85.1 cm³/mol. The minimum Gasteiger partial charge on any atom is -0.324 e. The summed E-state index contributed by atoms with van der Waals surface area (Å²) in [6.07, 6.45) is 4.43. The Balaban J connectivity index is 1.88. The number of aryl methyl sites for hydroxylation is 2. The monoisotopic (exact) mass is 283 g/mol. The zero-order chi connectivity index (χ0) is 15.1. The van der Waals surface area contributed by atoms with E-state index in [-0.39, 0.29) is 12.5 Å². The van der Waals surface area contributed by atoms with Crippen LogP contribution >= 0.6 is 0 Å². The molecule has 0 radical (unpaired) electrons. The molecule has 0 spiro atoms. The summed E-state index contributed by atoms with van der Waals surface area (Å²) in [6.45, 7) is 5.02. The predicted octanol–water partition coefficient (Wildman–Crippen LogP) is 2.68. The van der Waals surface area contributed by atoms with Crippen molar-refractivity contribution in [3.05, 3.63) is 59.4 Å². The average molecular weight is 283 g/mol. The van der Waals surface area contributed by atoms with Crippen molar-refractivity contribution in [2.75, 3.05) is 11.9 Å². The van der Waals surface area contributed by atoms with Crippen molar-refractivity contribution in [3.63, 3.8) is 0 Å². The third-order valence-corrected chi connectivity index (χ3v) is 3.34. The molecule has 21 heavy (non-hydrogen) atoms. The van der Waals surface area contributed by atoms with Crippen LogP contribution in [0.25, 0.3) is 0 Å². The van der Waals surface area contributed by atoms with Crippen LogP contribution in [0.5, 0.6) is 0 Å². The number of hydrogen-bond acceptors (Lipinski definition) is 3. The van der Waals surface area contributed by atoms with Crippen LogP contribution in [0.1, 0.15) is 23.6 Å². The first-order chi connectivity index (χ1) is 10.2. The summed E-state index contributed by atoms with van der Waals surface area (Å²) < 4.78 is 0. The number of anilines is 1. The zero-order valence-electron chi connectivity index (χ0n) is 12.5. The first-order valence-corrected chi connectivity index (χ1v) is 7.18. The molecule has 0 atom stereocenters. The van der Waals surface area contributed by atoms with Crippen LogP contribution in [0.15, 0.2) is 42.7 Å². The molecular weight excluding hydrogens is 262 g/mol. The lowest BCUT2D eigenvalue weighted by Crippen LogP contribution is -2.28. The number of amides is 1. The number of pyridine rings is 1. The molecule has 110 valence electrons. The Morgan fingerprint density at radius 2 is 2.10 bits per heavy atom. The normalized spacial score (nSPS) is 10.4. The van der Waals surface area contributed by atoms with Gasteiger partial charge < -0.3 is 10.6 Å². The summed E-state index contributed by atoms with van der Waals surface area (Å²) in [5.41, 5.74) is 4.26. The molecule has 0 bridgehead atoms. The van der Waals surface area contributed by atoms with Crippen molar-refractivity contribution in [3.8, 4) is 0 Å². The van der Waals surface area contributed by atoms with E-state index in [4.69, 9.17) is 0 Å². The van der Waals surface area contributed by atoms with Crippen LogP contribution in [-0.2, 0) is 17.8 Å². The minimum atomic E-state index is -0.0251. The number of nitrogens with one attached hydrogen (secondary N) is 2. The molecular formula is C17H21N3O. The zero-order valence-corrected chi connectivity index (χ0v) is 12.5. The lowest BCUT2D eigenvalue weighted by molar-refractivity contribution is -0.115. The van der Waals surface area contributed by atoms with Gasteiger partial charge in [0.2, 0.25) is 5.91 Å². The number of rotatable bonds is 6. The summed E-state index contributed by atoms with van der Waals surface area (Å²) >= 11 is 0. The van der Waals surface area contributed by atoms with E-state index in [0.717, 1.165) is 28.8 Å². The van der Waals surface area contributed by atoms with Crippen molar-refractivity contribution in [1.29, 1.82) is 0 Å². The molecule has 1 amide bonds. The van der Waals surface area contributed by atoms with Crippen LogP contribution in [0, 0.1) is 6.92 Å². The Hall–Kier alpha value is -2.20. The van der Waals surface area contributed by atoms with Gasteiger partial charge in [-0.15, -0.1) is 0 Å². The van der Waals surface area contributed by atoms with Gasteiger partial charge in [0.05, 0.1) is 6.54 Å². The second-order valence-corrected chi connectivity index (χ2v) is 4.98. The molecule has 1 aromatic heterocycles. The molecule has 1 heterocycles. The summed E-state index contributed by atoms with van der Waals surface area (Å²) in [5, 5.41) is 6.13. The third kappa shape index (κ3) is 4.39. The highest BCUT2D eigenvalue weighted by Gasteiger charge is 2.08. The quantitative estimate of drug-likeness (QED) is 0.857. The Morgan fingerprint density at radius 1 is 1.24 bits per heavy atom. The van der Waals surface area contributed by atoms with E-state index in [2.05, 4.69) is 22.5 Å². The maximum Gasteiger partial charge on any atom is 0.238 e. The Labute approximate surface area is 125 Å². The molecule has 0 aliphatic rings. The molecule has 0 saturated carbocycles. The molecule has 4 heteroatoms. The fourth-order valence-corrected chi connectivity index (χ4v) is 2.21. The summed E-state index contributed by atoms with van der Waals surface area (Å²) in [7, 11) is 0. The summed E-state index contributed by atoms with van der Waals surface area (Å²) in [4.78, 5) is 16.1. The van der Waals surface area contributed by atoms with Gasteiger partial charge in [0.15, 0.2) is 0 Å². The van der Waals surface area contributed by atoms with Crippen LogP contribution in [0.4, 0.5) is 5.69 Å². The standard InChI is InChI=1S/C17H21N3O/c1-3-15-8-4-6-13(2)17(15)20-16(21)12-19-11-14-7-5-9-18-10-14/h4-10,19H,3,11-12H2,1-2H3,(H,20,21). The van der Waals surface area contributed by atoms with Gasteiger partial charge in [0.1, 0.15) is 0 Å². The number of carbonyl (C=O) groups is 1. The van der Waals surface area contributed by atoms with Crippen LogP contribution in [0.2, 0.25) is 0 Å². The smallest absolute Gasteiger partial charge is 0.238 e. The van der Waals surface area contributed by atoms with E-state index in [1.165, 1.54) is 0 Å². The van der Waals surface area contributed by atoms with E-state index in [0.29, 0.717) is 6.54 Å². The molecule has 4 nitrogen and oxygen atoms in total. The van der Waals surface area contributed by atoms with Gasteiger partial charge >= 0.3 is 0 Å². The van der Waals surface area contributed by atoms with Crippen LogP contribution < -0.4 is 10.6 Å². The first kappa shape index (κ1) is 15.2. The van der Waals surface area contributed by atoms with Crippen molar-refractivity contribution in [1.82, 2.24) is 10.3 Å². The number of hydrogen-bond donors (Lipinski definition) is 2. The Kier molecular flexibility index (Phi) is 5.46. The number of nitrogens with zero attached hydrogens (tertiary/aromatic N) is 1. The minimum absolute atomic E-state index is 0.0251. The largest absolute Gasteiger partial charge is 0.324 e. The summed E-state index contributed by atoms with van der Waals surface area (Å²) in [6, 6.07) is 9.94. The molecule has 0 aliphatic heterocycles. The van der Waals surface area contributed by atoms with E-state index < -0.39 is 0 Å². The molecule has 0 saturated heterocycles. The van der Waals surface area contributed by atoms with Gasteiger partial charge in [0.25, 0.3) is 0 Å². The molecule has 2 aromatic rings. The Bertz CT molecular complexity index is 596. The first-order valence-electron chi connectivity index (χ1n) is 7.18. The molecule has 0 aliphatic carbocycles. The maximum atomic E-state index is 12.0. The third-order valence-electron chi connectivity index (χ3n) is 3.34. The average Bonchev–Trinajstić information content (AvgIpc) is 2.50. The highest BCUT2D eigenvalue weighted by atomic mass is 16.1. The van der Waals surface area contributed by atoms with Gasteiger partial charge in [-0.2, -0.15) is 0 Å². The fourth-order valence-electron chi connectivity index (χ4n) is 2.21. The van der Waals surface area contributed by atoms with Gasteiger partial charge in [-0.25, -0.2) is 0 Å². The number of aromatic nitrogens is 1. The SMILES string of the molecule is CCc1cccc(C)c1NC(=O)CNCc1cccnc1. The van der Waals surface area contributed by atoms with Gasteiger partial charge in [-0.3, -0.25) is 9.78 Å². The Morgan fingerprint density at radius 3 is 2.81 bits per heavy atom. The second-order valence-electron chi connectivity index (χ2n) is 4.98. The molecule has 0 unspecified atom stereocenters. The van der Waals surface area contributed by atoms with Crippen molar-refractivity contribution < 1.29 is 4.79 Å². The highest BCUT2D eigenvalue weighted by molar-refractivity contribution is 5.93. The van der Waals surface area contributed by atoms with E-state index in [9.17, 15) is 4.79 Å². The number of para-hydroxylation sites is 1. The van der Waals surface area contributed by atoms with Crippen molar-refractivity contribution in [2.24, 2.45) is 0 Å². The fraction of sp³-hybridized carbons (Fsp3) is 0.294. The second kappa shape index (κ2) is 7.55. The van der Waals surface area contributed by atoms with Crippen LogP contribution in [-0.4, -0.2) is 17.4 Å². The number of benzene rings is 1. The molecule has 1 aromatic carbocycles. The molecule has 0 fully saturated rings. The van der Waals surface area contributed by atoms with E-state index >= 15 is 0 Å². The van der Waals surface area contributed by atoms with Crippen LogP contribution in [0.3, 0.4) is 0 Å². The van der Waals surface area contributed by atoms with Crippen molar-refractivity contribution >= 4 is 11.6 Å². The molecule has 2 rings (SSSR count). The highest BCUT2D eigenvalue weighted by Crippen LogP contribution is 2.20. The lowest BCUT2D eigenvalue weighted by Gasteiger charge is -2.13.